The second-order valence-corrected chi connectivity index (χ2v) is 18.4. The van der Waals surface area contributed by atoms with Crippen LogP contribution in [0, 0.1) is 0 Å². The highest BCUT2D eigenvalue weighted by Gasteiger charge is 2.20. The molecule has 370 valence electrons. The number of rotatable bonds is 7. The van der Waals surface area contributed by atoms with Crippen LogP contribution in [0.3, 0.4) is 0 Å². The van der Waals surface area contributed by atoms with Crippen LogP contribution < -0.4 is 0 Å². The van der Waals surface area contributed by atoms with E-state index in [4.69, 9.17) is 41.4 Å². The van der Waals surface area contributed by atoms with Crippen molar-refractivity contribution in [1.29, 1.82) is 0 Å². The minimum atomic E-state index is -1.04. The molecule has 1 nitrogen and oxygen atoms in total. The predicted molar refractivity (Wildman–Crippen MR) is 338 cm³/mol. The molecule has 1 aromatic heterocycles. The van der Waals surface area contributed by atoms with Gasteiger partial charge in [0.2, 0.25) is 0 Å². The summed E-state index contributed by atoms with van der Waals surface area (Å²) in [7, 11) is 0. The lowest BCUT2D eigenvalue weighted by molar-refractivity contribution is 0.669. The molecule has 16 rings (SSSR count). The molecule has 0 fully saturated rings. The normalized spacial score (nSPS) is 17.7. The number of furan rings is 1. The zero-order chi connectivity index (χ0) is 81.8. The highest BCUT2D eigenvalue weighted by Crippen LogP contribution is 2.44. The van der Waals surface area contributed by atoms with E-state index in [-0.39, 0.29) is 52.1 Å². The molecule has 15 aromatic carbocycles. The first-order valence-electron chi connectivity index (χ1n) is 41.7. The topological polar surface area (TPSA) is 13.1 Å². The Morgan fingerprint density at radius 3 is 1.43 bits per heavy atom. The molecule has 0 spiro atoms. The van der Waals surface area contributed by atoms with Gasteiger partial charge in [-0.2, -0.15) is 0 Å². The average Bonchev–Trinajstić information content (AvgIpc) is 1.11. The molecule has 0 unspecified atom stereocenters. The van der Waals surface area contributed by atoms with Crippen molar-refractivity contribution in [3.8, 4) is 33.4 Å². The van der Waals surface area contributed by atoms with E-state index in [9.17, 15) is 9.60 Å². The summed E-state index contributed by atoms with van der Waals surface area (Å²) in [5.74, 6) is 0. The van der Waals surface area contributed by atoms with Crippen molar-refractivity contribution < 1.29 is 51.0 Å². The second kappa shape index (κ2) is 19.5. The Morgan fingerprint density at radius 2 is 0.772 bits per heavy atom. The molecule has 0 radical (unpaired) electrons. The third-order valence-electron chi connectivity index (χ3n) is 14.0. The molecule has 0 amide bonds. The van der Waals surface area contributed by atoms with Gasteiger partial charge in [0, 0.05) is 10.8 Å². The molecule has 0 N–H and O–H groups in total. The lowest BCUT2D eigenvalue weighted by Gasteiger charge is -2.18. The van der Waals surface area contributed by atoms with Crippen molar-refractivity contribution in [2.24, 2.45) is 0 Å². The average molecular weight is 1040 g/mol. The number of hydrogen-bond acceptors (Lipinski definition) is 1. The third-order valence-corrected chi connectivity index (χ3v) is 14.0. The summed E-state index contributed by atoms with van der Waals surface area (Å²) in [6.07, 6.45) is -0.715. The zero-order valence-corrected chi connectivity index (χ0v) is 40.9. The van der Waals surface area contributed by atoms with Crippen molar-refractivity contribution in [1.82, 2.24) is 0 Å². The van der Waals surface area contributed by atoms with Crippen molar-refractivity contribution in [2.75, 3.05) is 0 Å². The van der Waals surface area contributed by atoms with Crippen LogP contribution in [0.15, 0.2) is 295 Å². The summed E-state index contributed by atoms with van der Waals surface area (Å²) in [6.45, 7) is 0. The van der Waals surface area contributed by atoms with Gasteiger partial charge < -0.3 is 4.42 Å². The Morgan fingerprint density at radius 1 is 0.278 bits per heavy atom. The van der Waals surface area contributed by atoms with Gasteiger partial charge >= 0.3 is 0 Å². The molecule has 0 aliphatic carbocycles. The van der Waals surface area contributed by atoms with Crippen molar-refractivity contribution in [2.45, 2.75) is 12.8 Å². The Bertz CT molecular complexity index is 6920. The standard InChI is InChI=1S/C41H28.C37H24O/c1-2-13-30-25-32(24-23-28(30)11-1)31-15-10-17-34(26-31)41-38-21-7-5-19-36(38)40(37-20-6-8-22-39(37)41)27-33-16-9-14-29-12-3-4-18-35(29)33;1-2-11-24(12-3-1)36-30-18-8-6-16-28(30)32(29-17-7-9-19-31(29)36)22-27-15-10-20-34-37(27)33-21-25-13-4-5-14-26(25)23-35(33)38-34/h1-26H,27H2;1-21,23H,22H2/i1D,2D,3D,4D,5D,6D,7D,8D,9D,10D,11D,12D,13D,14D,15D,16D,17D,18D,19D,20D,21D,22D,23D,24D,25D,26D;6D,7D,8D,9D,16D,17D,18D,19D. The summed E-state index contributed by atoms with van der Waals surface area (Å²) in [4.78, 5) is 0. The fraction of sp³-hybridized carbons (Fsp3) is 0.0256. The molecule has 0 bridgehead atoms. The number of benzene rings is 15. The van der Waals surface area contributed by atoms with Gasteiger partial charge in [0.25, 0.3) is 0 Å². The SMILES string of the molecule is [2H]c1c([2H])c(-c2c([2H])c([2H])c3c([2H])c([2H])c([2H])c([2H])c3c2[2H])c([2H])c(-c2c3c([2H])c([2H])c([2H])c([2H])c3c(Cc3c([2H])c([2H])c([2H])c4c([2H])c([2H])c([2H])c([2H])c34)c3c([2H])c([2H])c([2H])c([2H])c23)c1[2H].[2H]c1c([2H])c([2H])c2c(-c3ccccc3)c3c([2H])c([2H])c([2H])c([2H])c3c(Cc3cccc4oc5cc6ccccc6cc5c34)c2c1[2H]. The molecule has 1 heterocycles. The Hall–Kier alpha value is -10.1. The van der Waals surface area contributed by atoms with Gasteiger partial charge in [0.05, 0.1) is 46.6 Å². The first-order valence-corrected chi connectivity index (χ1v) is 24.7. The first-order chi connectivity index (χ1) is 53.3. The van der Waals surface area contributed by atoms with Gasteiger partial charge in [-0.05, 0) is 174 Å². The van der Waals surface area contributed by atoms with Crippen LogP contribution in [0.2, 0.25) is 0 Å². The largest absolute Gasteiger partial charge is 0.456 e. The lowest BCUT2D eigenvalue weighted by atomic mass is 9.85. The molecule has 16 aromatic rings. The molecule has 0 atom stereocenters. The smallest absolute Gasteiger partial charge is 0.136 e. The van der Waals surface area contributed by atoms with E-state index < -0.39 is 264 Å². The Balaban J connectivity index is 0.000000190. The first kappa shape index (κ1) is 23.3. The maximum absolute atomic E-state index is 9.69. The molecule has 79 heavy (non-hydrogen) atoms. The van der Waals surface area contributed by atoms with E-state index in [2.05, 4.69) is 6.07 Å². The highest BCUT2D eigenvalue weighted by atomic mass is 16.3. The summed E-state index contributed by atoms with van der Waals surface area (Å²) >= 11 is 0. The minimum absolute atomic E-state index is 0.130. The van der Waals surface area contributed by atoms with Crippen LogP contribution in [-0.2, 0) is 12.8 Å². The fourth-order valence-electron chi connectivity index (χ4n) is 10.5. The number of hydrogen-bond donors (Lipinski definition) is 0. The highest BCUT2D eigenvalue weighted by molar-refractivity contribution is 6.18. The Kier molecular flexibility index (Phi) is 5.74. The van der Waals surface area contributed by atoms with Crippen molar-refractivity contribution in [3.05, 3.63) is 313 Å². The molecule has 0 aliphatic rings. The molecule has 0 saturated heterocycles. The van der Waals surface area contributed by atoms with Crippen LogP contribution in [0.1, 0.15) is 68.9 Å². The van der Waals surface area contributed by atoms with Crippen LogP contribution in [0.5, 0.6) is 0 Å². The van der Waals surface area contributed by atoms with E-state index in [1.807, 2.05) is 54.6 Å². The van der Waals surface area contributed by atoms with E-state index >= 15 is 0 Å². The van der Waals surface area contributed by atoms with Gasteiger partial charge in [0.1, 0.15) is 11.2 Å². The molecule has 0 aliphatic heterocycles. The molecular weight excluding hydrogens is 953 g/mol. The van der Waals surface area contributed by atoms with E-state index in [0.717, 1.165) is 27.1 Å². The molecular formula is C78H52O. The van der Waals surface area contributed by atoms with Crippen LogP contribution in [0.25, 0.3) is 131 Å². The van der Waals surface area contributed by atoms with Gasteiger partial charge in [-0.25, -0.2) is 0 Å². The van der Waals surface area contributed by atoms with Gasteiger partial charge in [-0.3, -0.25) is 0 Å². The number of fused-ring (bicyclic) bond motifs is 10. The van der Waals surface area contributed by atoms with Gasteiger partial charge in [-0.15, -0.1) is 0 Å². The van der Waals surface area contributed by atoms with Crippen LogP contribution >= 0.6 is 0 Å². The zero-order valence-electron chi connectivity index (χ0n) is 74.9. The summed E-state index contributed by atoms with van der Waals surface area (Å²) < 4.78 is 307. The predicted octanol–water partition coefficient (Wildman–Crippen LogP) is 21.5. The fourth-order valence-corrected chi connectivity index (χ4v) is 10.5. The monoisotopic (exact) mass is 1040 g/mol. The van der Waals surface area contributed by atoms with E-state index in [1.54, 1.807) is 24.3 Å². The van der Waals surface area contributed by atoms with Gasteiger partial charge in [0.15, 0.2) is 0 Å². The second-order valence-electron chi connectivity index (χ2n) is 18.4. The molecule has 0 saturated carbocycles. The summed E-state index contributed by atoms with van der Waals surface area (Å²) in [5.41, 5.74) is -0.387. The van der Waals surface area contributed by atoms with Crippen molar-refractivity contribution in [3.63, 3.8) is 0 Å². The molecule has 1 heteroatoms. The van der Waals surface area contributed by atoms with Crippen molar-refractivity contribution >= 4 is 97.3 Å². The maximum atomic E-state index is 9.69. The van der Waals surface area contributed by atoms with E-state index in [1.165, 1.54) is 0 Å². The quantitative estimate of drug-likeness (QED) is 0.145. The Labute approximate surface area is 506 Å². The van der Waals surface area contributed by atoms with E-state index in [0.29, 0.717) is 27.9 Å². The van der Waals surface area contributed by atoms with Crippen LogP contribution in [-0.4, -0.2) is 0 Å². The van der Waals surface area contributed by atoms with Crippen LogP contribution in [0.4, 0.5) is 0 Å². The van der Waals surface area contributed by atoms with Gasteiger partial charge in [-0.1, -0.05) is 260 Å². The maximum Gasteiger partial charge on any atom is 0.136 e. The minimum Gasteiger partial charge on any atom is -0.456 e. The third kappa shape index (κ3) is 8.18. The summed E-state index contributed by atoms with van der Waals surface area (Å²) in [5, 5.41) is 0.263. The summed E-state index contributed by atoms with van der Waals surface area (Å²) in [6, 6.07) is 1.47. The lowest BCUT2D eigenvalue weighted by Crippen LogP contribution is -1.96.